The molecule has 5 nitrogen and oxygen atoms in total. The topological polar surface area (TPSA) is 70.8 Å². The highest BCUT2D eigenvalue weighted by atomic mass is 79.9. The Labute approximate surface area is 108 Å². The highest BCUT2D eigenvalue weighted by molar-refractivity contribution is 9.10. The van der Waals surface area contributed by atoms with Gasteiger partial charge in [-0.05, 0) is 35.0 Å². The Hall–Kier alpha value is -1.30. The zero-order valence-electron chi connectivity index (χ0n) is 9.64. The largest absolute Gasteiger partial charge is 0.481 e. The van der Waals surface area contributed by atoms with Gasteiger partial charge in [0.15, 0.2) is 10.4 Å². The smallest absolute Gasteiger partial charge is 0.308 e. The van der Waals surface area contributed by atoms with Crippen LogP contribution in [0, 0.1) is 5.92 Å². The number of nitrogens with zero attached hydrogens (tertiary/aromatic N) is 1. The third-order valence-corrected chi connectivity index (χ3v) is 2.79. The standard InChI is InChI=1S/C11H14BrNO4/c1-3-13(6-7(2)11(15)16)10(14)8-4-5-9(12)17-8/h4-5,7H,3,6H2,1-2H3,(H,15,16). The molecule has 0 saturated carbocycles. The molecule has 0 spiro atoms. The van der Waals surface area contributed by atoms with Crippen LogP contribution in [-0.2, 0) is 4.79 Å². The minimum atomic E-state index is -0.920. The summed E-state index contributed by atoms with van der Waals surface area (Å²) in [6, 6.07) is 3.18. The minimum absolute atomic E-state index is 0.170. The average molecular weight is 304 g/mol. The van der Waals surface area contributed by atoms with Gasteiger partial charge in [0, 0.05) is 13.1 Å². The Bertz CT molecular complexity index is 415. The SMILES string of the molecule is CCN(CC(C)C(=O)O)C(=O)c1ccc(Br)o1. The Morgan fingerprint density at radius 1 is 1.53 bits per heavy atom. The molecule has 6 heteroatoms. The molecule has 0 radical (unpaired) electrons. The molecule has 0 aliphatic carbocycles. The molecule has 1 aromatic rings. The van der Waals surface area contributed by atoms with Crippen LogP contribution >= 0.6 is 15.9 Å². The van der Waals surface area contributed by atoms with Gasteiger partial charge in [-0.3, -0.25) is 9.59 Å². The minimum Gasteiger partial charge on any atom is -0.481 e. The maximum absolute atomic E-state index is 12.0. The predicted octanol–water partition coefficient (Wildman–Crippen LogP) is 2.22. The van der Waals surface area contributed by atoms with E-state index in [-0.39, 0.29) is 18.2 Å². The van der Waals surface area contributed by atoms with Gasteiger partial charge in [-0.2, -0.15) is 0 Å². The molecule has 1 amide bonds. The maximum atomic E-state index is 12.0. The molecule has 94 valence electrons. The van der Waals surface area contributed by atoms with E-state index in [1.54, 1.807) is 26.0 Å². The molecule has 1 N–H and O–H groups in total. The molecular formula is C11H14BrNO4. The van der Waals surface area contributed by atoms with Gasteiger partial charge in [-0.25, -0.2) is 0 Å². The van der Waals surface area contributed by atoms with Crippen LogP contribution < -0.4 is 0 Å². The van der Waals surface area contributed by atoms with Crippen molar-refractivity contribution < 1.29 is 19.1 Å². The second-order valence-electron chi connectivity index (χ2n) is 3.69. The number of amides is 1. The first kappa shape index (κ1) is 13.8. The molecule has 0 aliphatic heterocycles. The molecule has 1 heterocycles. The van der Waals surface area contributed by atoms with Crippen molar-refractivity contribution >= 4 is 27.8 Å². The summed E-state index contributed by atoms with van der Waals surface area (Å²) in [5.41, 5.74) is 0. The van der Waals surface area contributed by atoms with Gasteiger partial charge in [0.05, 0.1) is 5.92 Å². The molecule has 0 aromatic carbocycles. The number of furan rings is 1. The number of carbonyl (C=O) groups excluding carboxylic acids is 1. The van der Waals surface area contributed by atoms with Crippen molar-refractivity contribution in [1.82, 2.24) is 4.90 Å². The lowest BCUT2D eigenvalue weighted by Crippen LogP contribution is -2.36. The average Bonchev–Trinajstić information content (AvgIpc) is 2.71. The van der Waals surface area contributed by atoms with E-state index in [4.69, 9.17) is 9.52 Å². The van der Waals surface area contributed by atoms with Gasteiger partial charge < -0.3 is 14.4 Å². The van der Waals surface area contributed by atoms with Crippen LogP contribution in [0.4, 0.5) is 0 Å². The van der Waals surface area contributed by atoms with Gasteiger partial charge >= 0.3 is 5.97 Å². The zero-order chi connectivity index (χ0) is 13.0. The van der Waals surface area contributed by atoms with Crippen LogP contribution in [0.2, 0.25) is 0 Å². The Kier molecular flexibility index (Phi) is 4.74. The number of hydrogen-bond donors (Lipinski definition) is 1. The van der Waals surface area contributed by atoms with Crippen LogP contribution in [0.15, 0.2) is 21.2 Å². The van der Waals surface area contributed by atoms with E-state index in [9.17, 15) is 9.59 Å². The molecule has 17 heavy (non-hydrogen) atoms. The summed E-state index contributed by atoms with van der Waals surface area (Å²) in [7, 11) is 0. The monoisotopic (exact) mass is 303 g/mol. The van der Waals surface area contributed by atoms with Crippen LogP contribution in [0.3, 0.4) is 0 Å². The molecular weight excluding hydrogens is 290 g/mol. The van der Waals surface area contributed by atoms with Crippen molar-refractivity contribution in [2.75, 3.05) is 13.1 Å². The number of rotatable bonds is 5. The molecule has 0 bridgehead atoms. The van der Waals surface area contributed by atoms with E-state index < -0.39 is 11.9 Å². The summed E-state index contributed by atoms with van der Waals surface area (Å²) in [4.78, 5) is 24.2. The van der Waals surface area contributed by atoms with Crippen LogP contribution in [0.1, 0.15) is 24.4 Å². The first-order valence-corrected chi connectivity index (χ1v) is 6.02. The Morgan fingerprint density at radius 3 is 2.59 bits per heavy atom. The highest BCUT2D eigenvalue weighted by Gasteiger charge is 2.22. The third-order valence-electron chi connectivity index (χ3n) is 2.37. The third kappa shape index (κ3) is 3.59. The number of carboxylic acid groups (broad SMARTS) is 1. The quantitative estimate of drug-likeness (QED) is 0.905. The summed E-state index contributed by atoms with van der Waals surface area (Å²) in [6.45, 7) is 3.97. The number of carboxylic acids is 1. The van der Waals surface area contributed by atoms with E-state index >= 15 is 0 Å². The van der Waals surface area contributed by atoms with Gasteiger partial charge in [0.25, 0.3) is 5.91 Å². The van der Waals surface area contributed by atoms with E-state index in [0.717, 1.165) is 0 Å². The lowest BCUT2D eigenvalue weighted by Gasteiger charge is -2.21. The van der Waals surface area contributed by atoms with Crippen molar-refractivity contribution in [2.45, 2.75) is 13.8 Å². The number of hydrogen-bond acceptors (Lipinski definition) is 3. The second kappa shape index (κ2) is 5.86. The van der Waals surface area contributed by atoms with Gasteiger partial charge in [-0.15, -0.1) is 0 Å². The maximum Gasteiger partial charge on any atom is 0.308 e. The second-order valence-corrected chi connectivity index (χ2v) is 4.47. The van der Waals surface area contributed by atoms with E-state index in [2.05, 4.69) is 15.9 Å². The normalized spacial score (nSPS) is 12.2. The lowest BCUT2D eigenvalue weighted by atomic mass is 10.1. The fourth-order valence-electron chi connectivity index (χ4n) is 1.35. The van der Waals surface area contributed by atoms with Gasteiger partial charge in [-0.1, -0.05) is 6.92 Å². The van der Waals surface area contributed by atoms with Gasteiger partial charge in [0.1, 0.15) is 0 Å². The molecule has 1 aromatic heterocycles. The first-order chi connectivity index (χ1) is 7.95. The highest BCUT2D eigenvalue weighted by Crippen LogP contribution is 2.16. The fourth-order valence-corrected chi connectivity index (χ4v) is 1.66. The van der Waals surface area contributed by atoms with Crippen molar-refractivity contribution in [3.8, 4) is 0 Å². The molecule has 0 aliphatic rings. The number of halogens is 1. The predicted molar refractivity (Wildman–Crippen MR) is 64.8 cm³/mol. The molecule has 0 saturated heterocycles. The fraction of sp³-hybridized carbons (Fsp3) is 0.455. The van der Waals surface area contributed by atoms with Crippen molar-refractivity contribution in [3.05, 3.63) is 22.6 Å². The Balaban J connectivity index is 2.74. The molecule has 1 rings (SSSR count). The zero-order valence-corrected chi connectivity index (χ0v) is 11.2. The molecule has 1 unspecified atom stereocenters. The van der Waals surface area contributed by atoms with E-state index in [1.165, 1.54) is 4.90 Å². The van der Waals surface area contributed by atoms with Gasteiger partial charge in [0.2, 0.25) is 0 Å². The lowest BCUT2D eigenvalue weighted by molar-refractivity contribution is -0.141. The van der Waals surface area contributed by atoms with Crippen LogP contribution in [0.25, 0.3) is 0 Å². The van der Waals surface area contributed by atoms with Crippen LogP contribution in [0.5, 0.6) is 0 Å². The number of carbonyl (C=O) groups is 2. The summed E-state index contributed by atoms with van der Waals surface area (Å²) in [6.07, 6.45) is 0. The summed E-state index contributed by atoms with van der Waals surface area (Å²) < 4.78 is 5.62. The summed E-state index contributed by atoms with van der Waals surface area (Å²) in [5.74, 6) is -1.61. The van der Waals surface area contributed by atoms with Crippen molar-refractivity contribution in [3.63, 3.8) is 0 Å². The van der Waals surface area contributed by atoms with E-state index in [1.807, 2.05) is 0 Å². The first-order valence-electron chi connectivity index (χ1n) is 5.23. The number of aliphatic carboxylic acids is 1. The van der Waals surface area contributed by atoms with Crippen LogP contribution in [-0.4, -0.2) is 35.0 Å². The molecule has 0 fully saturated rings. The van der Waals surface area contributed by atoms with Crippen molar-refractivity contribution in [1.29, 1.82) is 0 Å². The van der Waals surface area contributed by atoms with Crippen molar-refractivity contribution in [2.24, 2.45) is 5.92 Å². The molecule has 1 atom stereocenters. The van der Waals surface area contributed by atoms with E-state index in [0.29, 0.717) is 11.2 Å². The Morgan fingerprint density at radius 2 is 2.18 bits per heavy atom. The summed E-state index contributed by atoms with van der Waals surface area (Å²) in [5, 5.41) is 8.81. The summed E-state index contributed by atoms with van der Waals surface area (Å²) >= 11 is 3.11.